The van der Waals surface area contributed by atoms with E-state index in [-0.39, 0.29) is 0 Å². The Labute approximate surface area is 77.3 Å². The largest absolute Gasteiger partial charge is 0.159 e. The Hall–Kier alpha value is -1.70. The lowest BCUT2D eigenvalue weighted by atomic mass is 10.0. The maximum Gasteiger partial charge on any atom is 0.0574 e. The van der Waals surface area contributed by atoms with E-state index in [2.05, 4.69) is 29.3 Å². The van der Waals surface area contributed by atoms with Crippen molar-refractivity contribution >= 4 is 0 Å². The van der Waals surface area contributed by atoms with Gasteiger partial charge in [-0.25, -0.2) is 0 Å². The van der Waals surface area contributed by atoms with Gasteiger partial charge in [0.2, 0.25) is 0 Å². The molecule has 0 bridgehead atoms. The molecule has 0 aliphatic carbocycles. The molecule has 0 saturated carbocycles. The van der Waals surface area contributed by atoms with Crippen LogP contribution in [0.25, 0.3) is 11.1 Å². The molecular weight excluding hydrogens is 160 g/mol. The molecule has 13 heavy (non-hydrogen) atoms. The van der Waals surface area contributed by atoms with E-state index < -0.39 is 0 Å². The van der Waals surface area contributed by atoms with Gasteiger partial charge in [-0.05, 0) is 24.1 Å². The van der Waals surface area contributed by atoms with E-state index in [0.29, 0.717) is 0 Å². The average Bonchev–Trinajstić information content (AvgIpc) is 2.20. The second kappa shape index (κ2) is 3.35. The fourth-order valence-electron chi connectivity index (χ4n) is 1.35. The lowest BCUT2D eigenvalue weighted by molar-refractivity contribution is 1.03. The van der Waals surface area contributed by atoms with Crippen LogP contribution in [-0.2, 0) is 0 Å². The topological polar surface area (TPSA) is 25.8 Å². The molecule has 2 aromatic rings. The summed E-state index contributed by atoms with van der Waals surface area (Å²) in [5, 5.41) is 7.60. The predicted molar refractivity (Wildman–Crippen MR) is 52.2 cm³/mol. The molecule has 1 heterocycles. The van der Waals surface area contributed by atoms with Gasteiger partial charge in [-0.15, -0.1) is 0 Å². The van der Waals surface area contributed by atoms with E-state index in [1.54, 1.807) is 12.4 Å². The fourth-order valence-corrected chi connectivity index (χ4v) is 1.35. The minimum absolute atomic E-state index is 1.12. The Morgan fingerprint density at radius 1 is 1.00 bits per heavy atom. The van der Waals surface area contributed by atoms with Gasteiger partial charge in [-0.3, -0.25) is 0 Å². The van der Waals surface area contributed by atoms with Crippen molar-refractivity contribution in [2.24, 2.45) is 0 Å². The summed E-state index contributed by atoms with van der Waals surface area (Å²) in [6.45, 7) is 2.09. The highest BCUT2D eigenvalue weighted by molar-refractivity contribution is 5.65. The van der Waals surface area contributed by atoms with Gasteiger partial charge in [0.25, 0.3) is 0 Å². The zero-order chi connectivity index (χ0) is 9.10. The van der Waals surface area contributed by atoms with Crippen LogP contribution in [0.15, 0.2) is 42.7 Å². The maximum atomic E-state index is 3.85. The molecule has 0 aliphatic rings. The summed E-state index contributed by atoms with van der Waals surface area (Å²) in [4.78, 5) is 0. The average molecular weight is 170 g/mol. The molecular formula is C11H10N2. The number of aromatic nitrogens is 2. The van der Waals surface area contributed by atoms with E-state index in [4.69, 9.17) is 0 Å². The lowest BCUT2D eigenvalue weighted by Gasteiger charge is -2.03. The van der Waals surface area contributed by atoms with E-state index in [0.717, 1.165) is 5.56 Å². The zero-order valence-corrected chi connectivity index (χ0v) is 7.44. The van der Waals surface area contributed by atoms with Crippen molar-refractivity contribution in [3.63, 3.8) is 0 Å². The molecule has 2 rings (SSSR count). The van der Waals surface area contributed by atoms with Gasteiger partial charge in [0.15, 0.2) is 0 Å². The van der Waals surface area contributed by atoms with E-state index in [1.807, 2.05) is 18.2 Å². The van der Waals surface area contributed by atoms with Gasteiger partial charge >= 0.3 is 0 Å². The van der Waals surface area contributed by atoms with Gasteiger partial charge in [0.1, 0.15) is 0 Å². The minimum atomic E-state index is 1.12. The molecule has 2 heteroatoms. The molecule has 0 radical (unpaired) electrons. The summed E-state index contributed by atoms with van der Waals surface area (Å²) in [7, 11) is 0. The number of rotatable bonds is 1. The first-order valence-electron chi connectivity index (χ1n) is 4.20. The second-order valence-corrected chi connectivity index (χ2v) is 2.95. The summed E-state index contributed by atoms with van der Waals surface area (Å²) in [6.07, 6.45) is 3.49. The summed E-state index contributed by atoms with van der Waals surface area (Å²) >= 11 is 0. The Morgan fingerprint density at radius 3 is 2.54 bits per heavy atom. The zero-order valence-electron chi connectivity index (χ0n) is 7.44. The van der Waals surface area contributed by atoms with Crippen LogP contribution in [0.3, 0.4) is 0 Å². The standard InChI is InChI=1S/C11H10N2/c1-9-4-2-3-5-11(9)10-6-7-12-13-8-10/h2-8H,1H3. The van der Waals surface area contributed by atoms with Crippen molar-refractivity contribution in [1.82, 2.24) is 10.2 Å². The molecule has 0 saturated heterocycles. The molecule has 0 amide bonds. The Balaban J connectivity index is 2.54. The first-order chi connectivity index (χ1) is 6.38. The minimum Gasteiger partial charge on any atom is -0.159 e. The van der Waals surface area contributed by atoms with Gasteiger partial charge in [0, 0.05) is 5.56 Å². The highest BCUT2D eigenvalue weighted by Crippen LogP contribution is 2.20. The smallest absolute Gasteiger partial charge is 0.0574 e. The number of nitrogens with zero attached hydrogens (tertiary/aromatic N) is 2. The molecule has 0 spiro atoms. The molecule has 0 aliphatic heterocycles. The molecule has 0 unspecified atom stereocenters. The molecule has 0 fully saturated rings. The monoisotopic (exact) mass is 170 g/mol. The van der Waals surface area contributed by atoms with Crippen LogP contribution in [0.2, 0.25) is 0 Å². The first-order valence-corrected chi connectivity index (χ1v) is 4.20. The van der Waals surface area contributed by atoms with Crippen LogP contribution in [-0.4, -0.2) is 10.2 Å². The van der Waals surface area contributed by atoms with Crippen molar-refractivity contribution in [2.75, 3.05) is 0 Å². The number of benzene rings is 1. The van der Waals surface area contributed by atoms with Crippen LogP contribution >= 0.6 is 0 Å². The van der Waals surface area contributed by atoms with Gasteiger partial charge in [-0.1, -0.05) is 24.3 Å². The maximum absolute atomic E-state index is 3.85. The first kappa shape index (κ1) is 7.92. The predicted octanol–water partition coefficient (Wildman–Crippen LogP) is 2.45. The van der Waals surface area contributed by atoms with Crippen LogP contribution in [0.4, 0.5) is 0 Å². The van der Waals surface area contributed by atoms with Crippen LogP contribution < -0.4 is 0 Å². The van der Waals surface area contributed by atoms with Gasteiger partial charge in [-0.2, -0.15) is 10.2 Å². The highest BCUT2D eigenvalue weighted by atomic mass is 15.1. The Bertz CT molecular complexity index is 396. The van der Waals surface area contributed by atoms with Crippen molar-refractivity contribution in [1.29, 1.82) is 0 Å². The molecule has 2 nitrogen and oxygen atoms in total. The third kappa shape index (κ3) is 1.56. The van der Waals surface area contributed by atoms with Gasteiger partial charge < -0.3 is 0 Å². The Kier molecular flexibility index (Phi) is 2.04. The quantitative estimate of drug-likeness (QED) is 0.657. The van der Waals surface area contributed by atoms with Crippen molar-refractivity contribution in [3.05, 3.63) is 48.3 Å². The highest BCUT2D eigenvalue weighted by Gasteiger charge is 1.98. The summed E-state index contributed by atoms with van der Waals surface area (Å²) in [6, 6.07) is 10.2. The van der Waals surface area contributed by atoms with Crippen LogP contribution in [0, 0.1) is 6.92 Å². The summed E-state index contributed by atoms with van der Waals surface area (Å²) in [5.41, 5.74) is 3.60. The van der Waals surface area contributed by atoms with Crippen LogP contribution in [0.1, 0.15) is 5.56 Å². The third-order valence-corrected chi connectivity index (χ3v) is 2.04. The second-order valence-electron chi connectivity index (χ2n) is 2.95. The molecule has 0 atom stereocenters. The summed E-state index contributed by atoms with van der Waals surface area (Å²) < 4.78 is 0. The van der Waals surface area contributed by atoms with Gasteiger partial charge in [0.05, 0.1) is 12.4 Å². The number of aryl methyl sites for hydroxylation is 1. The van der Waals surface area contributed by atoms with E-state index in [1.165, 1.54) is 11.1 Å². The van der Waals surface area contributed by atoms with Crippen molar-refractivity contribution in [2.45, 2.75) is 6.92 Å². The molecule has 1 aromatic carbocycles. The fraction of sp³-hybridized carbons (Fsp3) is 0.0909. The normalized spacial score (nSPS) is 9.92. The summed E-state index contributed by atoms with van der Waals surface area (Å²) in [5.74, 6) is 0. The lowest BCUT2D eigenvalue weighted by Crippen LogP contribution is -1.84. The molecule has 64 valence electrons. The molecule has 0 N–H and O–H groups in total. The third-order valence-electron chi connectivity index (χ3n) is 2.04. The van der Waals surface area contributed by atoms with Crippen molar-refractivity contribution < 1.29 is 0 Å². The van der Waals surface area contributed by atoms with Crippen LogP contribution in [0.5, 0.6) is 0 Å². The van der Waals surface area contributed by atoms with E-state index in [9.17, 15) is 0 Å². The van der Waals surface area contributed by atoms with E-state index >= 15 is 0 Å². The Morgan fingerprint density at radius 2 is 1.85 bits per heavy atom. The number of hydrogen-bond acceptors (Lipinski definition) is 2. The molecule has 1 aromatic heterocycles. The number of hydrogen-bond donors (Lipinski definition) is 0. The van der Waals surface area contributed by atoms with Crippen molar-refractivity contribution in [3.8, 4) is 11.1 Å². The SMILES string of the molecule is Cc1ccccc1-c1ccnnc1.